The van der Waals surface area contributed by atoms with Crippen molar-refractivity contribution in [3.05, 3.63) is 36.3 Å². The number of carbonyl (C=O) groups is 1. The maximum atomic E-state index is 12.5. The minimum atomic E-state index is 0.0437. The topological polar surface area (TPSA) is 96.4 Å². The van der Waals surface area contributed by atoms with Crippen LogP contribution in [0.1, 0.15) is 18.4 Å². The highest BCUT2D eigenvalue weighted by Gasteiger charge is 2.34. The molecule has 1 amide bonds. The summed E-state index contributed by atoms with van der Waals surface area (Å²) in [6.45, 7) is 3.73. The van der Waals surface area contributed by atoms with E-state index in [4.69, 9.17) is 9.72 Å². The number of aryl methyl sites for hydroxylation is 1. The number of hydrogen-bond donors (Lipinski definition) is 1. The Morgan fingerprint density at radius 2 is 1.83 bits per heavy atom. The molecule has 9 heteroatoms. The Bertz CT molecular complexity index is 1110. The highest BCUT2D eigenvalue weighted by molar-refractivity contribution is 6.02. The van der Waals surface area contributed by atoms with Gasteiger partial charge >= 0.3 is 0 Å². The molecule has 1 N–H and O–H groups in total. The quantitative estimate of drug-likeness (QED) is 0.710. The minimum absolute atomic E-state index is 0.0437. The fourth-order valence-electron chi connectivity index (χ4n) is 4.00. The number of anilines is 4. The van der Waals surface area contributed by atoms with Gasteiger partial charge in [0.15, 0.2) is 5.82 Å². The van der Waals surface area contributed by atoms with Gasteiger partial charge in [-0.15, -0.1) is 0 Å². The summed E-state index contributed by atoms with van der Waals surface area (Å²) in [5.74, 6) is 1.31. The van der Waals surface area contributed by atoms with Crippen LogP contribution in [0.4, 0.5) is 23.1 Å². The second-order valence-corrected chi connectivity index (χ2v) is 7.66. The largest absolute Gasteiger partial charge is 0.381 e. The molecule has 2 aliphatic heterocycles. The van der Waals surface area contributed by atoms with Gasteiger partial charge in [-0.1, -0.05) is 0 Å². The molecule has 30 heavy (non-hydrogen) atoms. The number of nitrogens with zero attached hydrogens (tertiary/aromatic N) is 6. The van der Waals surface area contributed by atoms with Crippen molar-refractivity contribution in [1.29, 1.82) is 0 Å². The standard InChI is InChI=1S/C21H23N7O2/c1-13-9-16-17(23-6-5-22-16)10-15(13)25-21-24-11-18-20(26-21)28(12-19(29)27(18)2)14-3-7-30-8-4-14/h5-6,9-11,14H,3-4,7-8,12H2,1-2H3,(H,24,25,26). The molecule has 1 aromatic carbocycles. The Morgan fingerprint density at radius 1 is 1.10 bits per heavy atom. The normalized spacial score (nSPS) is 17.3. The van der Waals surface area contributed by atoms with Crippen LogP contribution in [0.15, 0.2) is 30.7 Å². The van der Waals surface area contributed by atoms with Gasteiger partial charge in [0, 0.05) is 44.4 Å². The van der Waals surface area contributed by atoms with Crippen LogP contribution in [0.2, 0.25) is 0 Å². The molecular formula is C21H23N7O2. The average molecular weight is 405 g/mol. The van der Waals surface area contributed by atoms with Crippen molar-refractivity contribution in [3.63, 3.8) is 0 Å². The van der Waals surface area contributed by atoms with E-state index in [1.54, 1.807) is 30.5 Å². The highest BCUT2D eigenvalue weighted by atomic mass is 16.5. The van der Waals surface area contributed by atoms with E-state index in [2.05, 4.69) is 25.2 Å². The summed E-state index contributed by atoms with van der Waals surface area (Å²) in [5.41, 5.74) is 4.28. The molecule has 0 spiro atoms. The number of fused-ring (bicyclic) bond motifs is 2. The molecule has 2 aromatic heterocycles. The van der Waals surface area contributed by atoms with Gasteiger partial charge in [-0.2, -0.15) is 4.98 Å². The first-order valence-electron chi connectivity index (χ1n) is 10.1. The van der Waals surface area contributed by atoms with Crippen molar-refractivity contribution in [2.45, 2.75) is 25.8 Å². The van der Waals surface area contributed by atoms with Crippen molar-refractivity contribution < 1.29 is 9.53 Å². The molecule has 1 fully saturated rings. The van der Waals surface area contributed by atoms with Crippen molar-refractivity contribution in [2.75, 3.05) is 41.9 Å². The van der Waals surface area contributed by atoms with Crippen LogP contribution >= 0.6 is 0 Å². The number of amides is 1. The summed E-state index contributed by atoms with van der Waals surface area (Å²) >= 11 is 0. The Balaban J connectivity index is 1.50. The van der Waals surface area contributed by atoms with Gasteiger partial charge in [-0.25, -0.2) is 4.98 Å². The van der Waals surface area contributed by atoms with Gasteiger partial charge in [0.05, 0.1) is 23.8 Å². The lowest BCUT2D eigenvalue weighted by molar-refractivity contribution is -0.117. The van der Waals surface area contributed by atoms with Crippen molar-refractivity contribution in [1.82, 2.24) is 19.9 Å². The predicted molar refractivity (Wildman–Crippen MR) is 114 cm³/mol. The number of ether oxygens (including phenoxy) is 1. The van der Waals surface area contributed by atoms with Crippen molar-refractivity contribution in [2.24, 2.45) is 0 Å². The molecule has 0 aliphatic carbocycles. The molecule has 4 heterocycles. The Labute approximate surface area is 174 Å². The van der Waals surface area contributed by atoms with Gasteiger partial charge in [0.2, 0.25) is 11.9 Å². The Kier molecular flexibility index (Phi) is 4.66. The van der Waals surface area contributed by atoms with Crippen LogP contribution in [0.3, 0.4) is 0 Å². The Hall–Kier alpha value is -3.33. The van der Waals surface area contributed by atoms with Crippen LogP contribution < -0.4 is 15.1 Å². The summed E-state index contributed by atoms with van der Waals surface area (Å²) in [6, 6.07) is 4.17. The van der Waals surface area contributed by atoms with E-state index in [0.29, 0.717) is 25.7 Å². The number of aromatic nitrogens is 4. The van der Waals surface area contributed by atoms with Gasteiger partial charge in [-0.05, 0) is 37.5 Å². The maximum Gasteiger partial charge on any atom is 0.246 e. The molecule has 154 valence electrons. The Morgan fingerprint density at radius 3 is 2.60 bits per heavy atom. The predicted octanol–water partition coefficient (Wildman–Crippen LogP) is 2.43. The van der Waals surface area contributed by atoms with Crippen LogP contribution in [-0.4, -0.2) is 58.7 Å². The molecule has 0 atom stereocenters. The third-order valence-corrected chi connectivity index (χ3v) is 5.76. The van der Waals surface area contributed by atoms with E-state index < -0.39 is 0 Å². The molecule has 0 radical (unpaired) electrons. The van der Waals surface area contributed by atoms with E-state index in [9.17, 15) is 4.79 Å². The van der Waals surface area contributed by atoms with Crippen LogP contribution in [-0.2, 0) is 9.53 Å². The second-order valence-electron chi connectivity index (χ2n) is 7.66. The van der Waals surface area contributed by atoms with Gasteiger partial charge in [-0.3, -0.25) is 14.8 Å². The summed E-state index contributed by atoms with van der Waals surface area (Å²) in [5, 5.41) is 3.32. The van der Waals surface area contributed by atoms with Crippen LogP contribution in [0.25, 0.3) is 11.0 Å². The highest BCUT2D eigenvalue weighted by Crippen LogP contribution is 2.35. The molecule has 5 rings (SSSR count). The lowest BCUT2D eigenvalue weighted by Crippen LogP contribution is -2.50. The zero-order valence-corrected chi connectivity index (χ0v) is 17.0. The van der Waals surface area contributed by atoms with Crippen molar-refractivity contribution >= 4 is 40.1 Å². The molecular weight excluding hydrogens is 382 g/mol. The van der Waals surface area contributed by atoms with Crippen molar-refractivity contribution in [3.8, 4) is 0 Å². The first-order valence-corrected chi connectivity index (χ1v) is 10.1. The van der Waals surface area contributed by atoms with E-state index in [0.717, 1.165) is 46.6 Å². The summed E-state index contributed by atoms with van der Waals surface area (Å²) < 4.78 is 5.50. The minimum Gasteiger partial charge on any atom is -0.381 e. The lowest BCUT2D eigenvalue weighted by Gasteiger charge is -2.40. The molecule has 1 saturated heterocycles. The molecule has 2 aliphatic rings. The van der Waals surface area contributed by atoms with E-state index in [-0.39, 0.29) is 11.9 Å². The number of benzene rings is 1. The monoisotopic (exact) mass is 405 g/mol. The first-order chi connectivity index (χ1) is 14.6. The molecule has 0 unspecified atom stereocenters. The molecule has 3 aromatic rings. The van der Waals surface area contributed by atoms with Gasteiger partial charge in [0.1, 0.15) is 5.69 Å². The SMILES string of the molecule is Cc1cc2nccnc2cc1Nc1ncc2c(n1)N(C1CCOCC1)CC(=O)N2C. The number of likely N-dealkylation sites (N-methyl/N-ethyl adjacent to an activating group) is 1. The van der Waals surface area contributed by atoms with Gasteiger partial charge in [0.25, 0.3) is 0 Å². The van der Waals surface area contributed by atoms with E-state index >= 15 is 0 Å². The molecule has 9 nitrogen and oxygen atoms in total. The van der Waals surface area contributed by atoms with Gasteiger partial charge < -0.3 is 19.9 Å². The zero-order valence-electron chi connectivity index (χ0n) is 17.0. The third kappa shape index (κ3) is 3.30. The number of rotatable bonds is 3. The van der Waals surface area contributed by atoms with E-state index in [1.165, 1.54) is 0 Å². The molecule has 0 saturated carbocycles. The first kappa shape index (κ1) is 18.7. The summed E-state index contributed by atoms with van der Waals surface area (Å²) in [4.78, 5) is 34.3. The number of hydrogen-bond acceptors (Lipinski definition) is 8. The maximum absolute atomic E-state index is 12.5. The third-order valence-electron chi connectivity index (χ3n) is 5.76. The fraction of sp³-hybridized carbons (Fsp3) is 0.381. The van der Waals surface area contributed by atoms with Crippen LogP contribution in [0.5, 0.6) is 0 Å². The zero-order chi connectivity index (χ0) is 20.7. The second kappa shape index (κ2) is 7.49. The summed E-state index contributed by atoms with van der Waals surface area (Å²) in [6.07, 6.45) is 6.83. The molecule has 0 bridgehead atoms. The van der Waals surface area contributed by atoms with E-state index in [1.807, 2.05) is 19.1 Å². The number of carbonyl (C=O) groups excluding carboxylic acids is 1. The number of nitrogens with one attached hydrogen (secondary N) is 1. The van der Waals surface area contributed by atoms with Crippen LogP contribution in [0, 0.1) is 6.92 Å². The average Bonchev–Trinajstić information content (AvgIpc) is 2.77. The smallest absolute Gasteiger partial charge is 0.246 e. The lowest BCUT2D eigenvalue weighted by atomic mass is 10.1. The fourth-order valence-corrected chi connectivity index (χ4v) is 4.00. The summed E-state index contributed by atoms with van der Waals surface area (Å²) in [7, 11) is 1.77.